The molecule has 0 radical (unpaired) electrons. The lowest BCUT2D eigenvalue weighted by Gasteiger charge is -2.26. The number of hydrogen-bond acceptors (Lipinski definition) is 3. The molecule has 6 heteroatoms. The number of halogens is 1. The molecule has 1 aromatic rings. The van der Waals surface area contributed by atoms with Crippen molar-refractivity contribution in [2.45, 2.75) is 26.2 Å². The summed E-state index contributed by atoms with van der Waals surface area (Å²) in [4.78, 5) is 23.9. The quantitative estimate of drug-likeness (QED) is 0.781. The molecule has 2 rings (SSSR count). The van der Waals surface area contributed by atoms with Crippen molar-refractivity contribution in [1.29, 1.82) is 0 Å². The second-order valence-electron chi connectivity index (χ2n) is 5.41. The van der Waals surface area contributed by atoms with Gasteiger partial charge >= 0.3 is 5.97 Å². The number of carboxylic acids is 1. The van der Waals surface area contributed by atoms with Gasteiger partial charge in [-0.2, -0.15) is 0 Å². The third kappa shape index (κ3) is 3.36. The van der Waals surface area contributed by atoms with E-state index in [4.69, 9.17) is 11.6 Å². The van der Waals surface area contributed by atoms with Crippen LogP contribution < -0.4 is 10.6 Å². The van der Waals surface area contributed by atoms with E-state index in [9.17, 15) is 14.7 Å². The highest BCUT2D eigenvalue weighted by Gasteiger charge is 2.40. The molecule has 1 atom stereocenters. The highest BCUT2D eigenvalue weighted by molar-refractivity contribution is 6.31. The molecule has 0 aromatic heterocycles. The number of carbonyl (C=O) groups is 2. The van der Waals surface area contributed by atoms with Gasteiger partial charge in [0, 0.05) is 11.6 Å². The lowest BCUT2D eigenvalue weighted by Crippen LogP contribution is -2.38. The Labute approximate surface area is 128 Å². The van der Waals surface area contributed by atoms with Crippen molar-refractivity contribution in [1.82, 2.24) is 5.32 Å². The topological polar surface area (TPSA) is 78.4 Å². The summed E-state index contributed by atoms with van der Waals surface area (Å²) in [6.45, 7) is 3.46. The molecule has 0 saturated carbocycles. The van der Waals surface area contributed by atoms with Gasteiger partial charge in [0.15, 0.2) is 0 Å². The number of anilines is 1. The molecule has 1 aliphatic rings. The van der Waals surface area contributed by atoms with Crippen LogP contribution in [0.2, 0.25) is 5.02 Å². The first kappa shape index (κ1) is 15.8. The zero-order chi connectivity index (χ0) is 15.5. The summed E-state index contributed by atoms with van der Waals surface area (Å²) in [7, 11) is 0. The van der Waals surface area contributed by atoms with Gasteiger partial charge in [-0.1, -0.05) is 24.9 Å². The van der Waals surface area contributed by atoms with Crippen molar-refractivity contribution in [3.63, 3.8) is 0 Å². The molecule has 0 aliphatic carbocycles. The van der Waals surface area contributed by atoms with E-state index in [0.717, 1.165) is 25.8 Å². The van der Waals surface area contributed by atoms with Crippen molar-refractivity contribution >= 4 is 29.2 Å². The molecule has 114 valence electrons. The third-order valence-corrected chi connectivity index (χ3v) is 4.15. The van der Waals surface area contributed by atoms with Crippen LogP contribution in [0.25, 0.3) is 0 Å². The van der Waals surface area contributed by atoms with Gasteiger partial charge in [0.25, 0.3) is 0 Å². The second kappa shape index (κ2) is 6.45. The van der Waals surface area contributed by atoms with Gasteiger partial charge in [-0.05, 0) is 37.6 Å². The van der Waals surface area contributed by atoms with Crippen LogP contribution in [0, 0.1) is 5.41 Å². The van der Waals surface area contributed by atoms with E-state index in [1.165, 1.54) is 18.2 Å². The minimum atomic E-state index is -1.09. The van der Waals surface area contributed by atoms with Gasteiger partial charge in [-0.15, -0.1) is 0 Å². The summed E-state index contributed by atoms with van der Waals surface area (Å²) >= 11 is 5.90. The average Bonchev–Trinajstić information content (AvgIpc) is 2.88. The zero-order valence-corrected chi connectivity index (χ0v) is 12.7. The molecule has 1 aromatic carbocycles. The number of carbonyl (C=O) groups excluding carboxylic acids is 1. The van der Waals surface area contributed by atoms with Crippen LogP contribution in [0.15, 0.2) is 18.2 Å². The van der Waals surface area contributed by atoms with Gasteiger partial charge in [0.05, 0.1) is 16.7 Å². The molecule has 3 N–H and O–H groups in total. The Kier molecular flexibility index (Phi) is 4.85. The Bertz CT molecular complexity index is 554. The molecule has 1 heterocycles. The Hall–Kier alpha value is -1.59. The van der Waals surface area contributed by atoms with Crippen molar-refractivity contribution in [3.05, 3.63) is 28.8 Å². The zero-order valence-electron chi connectivity index (χ0n) is 11.9. The van der Waals surface area contributed by atoms with Crippen molar-refractivity contribution in [2.75, 3.05) is 18.4 Å². The predicted molar refractivity (Wildman–Crippen MR) is 81.9 cm³/mol. The van der Waals surface area contributed by atoms with Crippen molar-refractivity contribution in [2.24, 2.45) is 5.41 Å². The first-order chi connectivity index (χ1) is 9.98. The monoisotopic (exact) mass is 310 g/mol. The number of aromatic carboxylic acids is 1. The summed E-state index contributed by atoms with van der Waals surface area (Å²) in [6, 6.07) is 4.38. The predicted octanol–water partition coefficient (Wildman–Crippen LogP) is 2.76. The maximum Gasteiger partial charge on any atom is 0.337 e. The molecule has 1 aliphatic heterocycles. The number of carboxylic acid groups (broad SMARTS) is 1. The van der Waals surface area contributed by atoms with E-state index in [1.54, 1.807) is 0 Å². The van der Waals surface area contributed by atoms with Crippen LogP contribution in [-0.4, -0.2) is 30.1 Å². The minimum Gasteiger partial charge on any atom is -0.478 e. The van der Waals surface area contributed by atoms with E-state index in [1.807, 2.05) is 6.92 Å². The Morgan fingerprint density at radius 2 is 2.24 bits per heavy atom. The molecule has 1 saturated heterocycles. The summed E-state index contributed by atoms with van der Waals surface area (Å²) in [5.74, 6) is -1.23. The highest BCUT2D eigenvalue weighted by Crippen LogP contribution is 2.33. The second-order valence-corrected chi connectivity index (χ2v) is 5.84. The van der Waals surface area contributed by atoms with Gasteiger partial charge in [-0.25, -0.2) is 4.79 Å². The first-order valence-corrected chi connectivity index (χ1v) is 7.41. The molecule has 1 amide bonds. The fourth-order valence-corrected chi connectivity index (χ4v) is 2.98. The summed E-state index contributed by atoms with van der Waals surface area (Å²) in [6.07, 6.45) is 2.43. The van der Waals surface area contributed by atoms with E-state index >= 15 is 0 Å². The summed E-state index contributed by atoms with van der Waals surface area (Å²) in [5, 5.41) is 15.6. The Balaban J connectivity index is 2.26. The van der Waals surface area contributed by atoms with Crippen LogP contribution >= 0.6 is 11.6 Å². The first-order valence-electron chi connectivity index (χ1n) is 7.03. The summed E-state index contributed by atoms with van der Waals surface area (Å²) in [5.41, 5.74) is -0.167. The van der Waals surface area contributed by atoms with Crippen LogP contribution in [0.5, 0.6) is 0 Å². The normalized spacial score (nSPS) is 21.2. The molecular weight excluding hydrogens is 292 g/mol. The molecule has 1 fully saturated rings. The minimum absolute atomic E-state index is 0.0466. The van der Waals surface area contributed by atoms with E-state index < -0.39 is 11.4 Å². The van der Waals surface area contributed by atoms with E-state index in [-0.39, 0.29) is 17.2 Å². The number of amides is 1. The maximum atomic E-state index is 12.6. The lowest BCUT2D eigenvalue weighted by atomic mass is 9.81. The van der Waals surface area contributed by atoms with Gasteiger partial charge in [0.1, 0.15) is 0 Å². The van der Waals surface area contributed by atoms with Crippen LogP contribution in [0.4, 0.5) is 5.69 Å². The fourth-order valence-electron chi connectivity index (χ4n) is 2.80. The molecule has 0 bridgehead atoms. The molecule has 5 nitrogen and oxygen atoms in total. The lowest BCUT2D eigenvalue weighted by molar-refractivity contribution is -0.125. The van der Waals surface area contributed by atoms with Crippen LogP contribution in [-0.2, 0) is 4.79 Å². The number of hydrogen-bond donors (Lipinski definition) is 3. The molecule has 0 spiro atoms. The Morgan fingerprint density at radius 3 is 2.81 bits per heavy atom. The van der Waals surface area contributed by atoms with Crippen LogP contribution in [0.3, 0.4) is 0 Å². The largest absolute Gasteiger partial charge is 0.478 e. The number of benzene rings is 1. The molecular formula is C15H19ClN2O3. The summed E-state index contributed by atoms with van der Waals surface area (Å²) < 4.78 is 0. The van der Waals surface area contributed by atoms with Gasteiger partial charge < -0.3 is 15.7 Å². The van der Waals surface area contributed by atoms with Crippen molar-refractivity contribution < 1.29 is 14.7 Å². The highest BCUT2D eigenvalue weighted by atomic mass is 35.5. The molecule has 1 unspecified atom stereocenters. The third-order valence-electron chi connectivity index (χ3n) is 3.91. The van der Waals surface area contributed by atoms with Crippen molar-refractivity contribution in [3.8, 4) is 0 Å². The average molecular weight is 311 g/mol. The van der Waals surface area contributed by atoms with E-state index in [0.29, 0.717) is 11.6 Å². The maximum absolute atomic E-state index is 12.6. The standard InChI is InChI=1S/C15H19ClN2O3/c1-2-5-15(6-7-17-9-15)14(21)18-12-8-10(16)3-4-11(12)13(19)20/h3-4,8,17H,2,5-7,9H2,1H3,(H,18,21)(H,19,20). The van der Waals surface area contributed by atoms with Gasteiger partial charge in [0.2, 0.25) is 5.91 Å². The SMILES string of the molecule is CCCC1(C(=O)Nc2cc(Cl)ccc2C(=O)O)CCNC1. The van der Waals surface area contributed by atoms with Crippen LogP contribution in [0.1, 0.15) is 36.5 Å². The fraction of sp³-hybridized carbons (Fsp3) is 0.467. The number of nitrogens with one attached hydrogen (secondary N) is 2. The molecule has 21 heavy (non-hydrogen) atoms. The van der Waals surface area contributed by atoms with E-state index in [2.05, 4.69) is 10.6 Å². The number of rotatable bonds is 5. The Morgan fingerprint density at radius 1 is 1.48 bits per heavy atom. The smallest absolute Gasteiger partial charge is 0.337 e. The van der Waals surface area contributed by atoms with Gasteiger partial charge in [-0.3, -0.25) is 4.79 Å².